The molecule has 2 aromatic carbocycles. The third-order valence-corrected chi connectivity index (χ3v) is 5.48. The Morgan fingerprint density at radius 1 is 0.962 bits per heavy atom. The fraction of sp³-hybridized carbons (Fsp3) is 0.238. The van der Waals surface area contributed by atoms with Crippen molar-refractivity contribution in [2.75, 3.05) is 6.54 Å². The van der Waals surface area contributed by atoms with Crippen LogP contribution in [0.15, 0.2) is 54.6 Å². The maximum absolute atomic E-state index is 12.9. The third kappa shape index (κ3) is 2.17. The molecule has 0 spiro atoms. The molecule has 1 fully saturated rings. The number of aromatic amines is 1. The van der Waals surface area contributed by atoms with Gasteiger partial charge in [-0.3, -0.25) is 9.59 Å². The zero-order valence-corrected chi connectivity index (χ0v) is 14.2. The molecule has 1 unspecified atom stereocenters. The molecule has 3 aromatic rings. The van der Waals surface area contributed by atoms with Gasteiger partial charge < -0.3 is 15.2 Å². The lowest BCUT2D eigenvalue weighted by molar-refractivity contribution is -0.140. The van der Waals surface area contributed by atoms with Crippen molar-refractivity contribution in [2.45, 2.75) is 24.9 Å². The standard InChI is InChI=1S/C21H19N3O2/c25-18-10-11-22-21(26)17-12-15-14-8-4-5-9-16(14)23-19(15)20(24(17)18)13-6-2-1-3-7-13/h1-9,17,20,23H,10-12H2,(H,22,26)/t17-,20?/m0/s1. The van der Waals surface area contributed by atoms with Gasteiger partial charge in [0.05, 0.1) is 6.04 Å². The topological polar surface area (TPSA) is 65.2 Å². The van der Waals surface area contributed by atoms with Gasteiger partial charge in [0.15, 0.2) is 0 Å². The average molecular weight is 345 g/mol. The van der Waals surface area contributed by atoms with Crippen molar-refractivity contribution in [3.05, 3.63) is 71.4 Å². The molecule has 1 aromatic heterocycles. The summed E-state index contributed by atoms with van der Waals surface area (Å²) in [6, 6.07) is 17.4. The highest BCUT2D eigenvalue weighted by atomic mass is 16.2. The van der Waals surface area contributed by atoms with E-state index in [4.69, 9.17) is 0 Å². The van der Waals surface area contributed by atoms with Gasteiger partial charge in [-0.1, -0.05) is 48.5 Å². The second-order valence-corrected chi connectivity index (χ2v) is 6.94. The summed E-state index contributed by atoms with van der Waals surface area (Å²) in [7, 11) is 0. The number of rotatable bonds is 1. The summed E-state index contributed by atoms with van der Waals surface area (Å²) in [5.41, 5.74) is 4.23. The molecule has 3 heterocycles. The quantitative estimate of drug-likeness (QED) is 0.712. The van der Waals surface area contributed by atoms with E-state index in [1.165, 1.54) is 0 Å². The van der Waals surface area contributed by atoms with Crippen LogP contribution in [0.2, 0.25) is 0 Å². The number of fused-ring (bicyclic) bond motifs is 4. The summed E-state index contributed by atoms with van der Waals surface area (Å²) in [4.78, 5) is 31.0. The van der Waals surface area contributed by atoms with Crippen LogP contribution >= 0.6 is 0 Å². The number of para-hydroxylation sites is 1. The molecule has 5 heteroatoms. The van der Waals surface area contributed by atoms with Crippen molar-refractivity contribution in [1.29, 1.82) is 0 Å². The molecule has 2 aliphatic rings. The van der Waals surface area contributed by atoms with Gasteiger partial charge in [0.25, 0.3) is 0 Å². The fourth-order valence-electron chi connectivity index (χ4n) is 4.32. The van der Waals surface area contributed by atoms with Gasteiger partial charge in [-0.05, 0) is 17.2 Å². The third-order valence-electron chi connectivity index (χ3n) is 5.48. The van der Waals surface area contributed by atoms with Crippen LogP contribution < -0.4 is 5.32 Å². The minimum absolute atomic E-state index is 0.0199. The zero-order valence-electron chi connectivity index (χ0n) is 14.2. The van der Waals surface area contributed by atoms with Crippen LogP contribution in [0, 0.1) is 0 Å². The molecule has 2 atom stereocenters. The Balaban J connectivity index is 1.78. The van der Waals surface area contributed by atoms with Gasteiger partial charge >= 0.3 is 0 Å². The van der Waals surface area contributed by atoms with Crippen LogP contribution in [0.1, 0.15) is 29.3 Å². The lowest BCUT2D eigenvalue weighted by atomic mass is 9.87. The van der Waals surface area contributed by atoms with Gasteiger partial charge in [-0.25, -0.2) is 0 Å². The monoisotopic (exact) mass is 345 g/mol. The van der Waals surface area contributed by atoms with E-state index in [1.807, 2.05) is 48.5 Å². The summed E-state index contributed by atoms with van der Waals surface area (Å²) in [6.45, 7) is 0.404. The molecular weight excluding hydrogens is 326 g/mol. The molecule has 26 heavy (non-hydrogen) atoms. The zero-order chi connectivity index (χ0) is 17.7. The Morgan fingerprint density at radius 3 is 2.58 bits per heavy atom. The summed E-state index contributed by atoms with van der Waals surface area (Å²) in [5.74, 6) is -0.0424. The van der Waals surface area contributed by atoms with Gasteiger partial charge in [0.2, 0.25) is 11.8 Å². The first-order valence-corrected chi connectivity index (χ1v) is 8.97. The number of benzene rings is 2. The van der Waals surface area contributed by atoms with Gasteiger partial charge in [-0.2, -0.15) is 0 Å². The van der Waals surface area contributed by atoms with E-state index < -0.39 is 6.04 Å². The molecule has 130 valence electrons. The van der Waals surface area contributed by atoms with E-state index in [-0.39, 0.29) is 17.9 Å². The minimum Gasteiger partial charge on any atom is -0.356 e. The highest BCUT2D eigenvalue weighted by molar-refractivity contribution is 5.94. The fourth-order valence-corrected chi connectivity index (χ4v) is 4.32. The number of hydrogen-bond acceptors (Lipinski definition) is 2. The first-order valence-electron chi connectivity index (χ1n) is 8.97. The molecule has 0 aliphatic carbocycles. The van der Waals surface area contributed by atoms with Crippen LogP contribution in [0.4, 0.5) is 0 Å². The van der Waals surface area contributed by atoms with Crippen molar-refractivity contribution < 1.29 is 9.59 Å². The van der Waals surface area contributed by atoms with E-state index in [2.05, 4.69) is 16.4 Å². The summed E-state index contributed by atoms with van der Waals surface area (Å²) in [5, 5.41) is 4.04. The lowest BCUT2D eigenvalue weighted by Crippen LogP contribution is -2.52. The minimum atomic E-state index is -0.470. The van der Waals surface area contributed by atoms with Crippen LogP contribution in [-0.4, -0.2) is 34.3 Å². The Bertz CT molecular complexity index is 1010. The maximum Gasteiger partial charge on any atom is 0.243 e. The molecule has 2 N–H and O–H groups in total. The first-order chi connectivity index (χ1) is 12.7. The maximum atomic E-state index is 12.9. The normalized spacial score (nSPS) is 22.5. The summed E-state index contributed by atoms with van der Waals surface area (Å²) < 4.78 is 0. The van der Waals surface area contributed by atoms with Crippen LogP contribution in [0.5, 0.6) is 0 Å². The Kier molecular flexibility index (Phi) is 3.35. The number of H-pyrrole nitrogens is 1. The van der Waals surface area contributed by atoms with E-state index in [0.29, 0.717) is 19.4 Å². The summed E-state index contributed by atoms with van der Waals surface area (Å²) >= 11 is 0. The number of carbonyl (C=O) groups is 2. The number of amides is 2. The molecule has 2 aliphatic heterocycles. The van der Waals surface area contributed by atoms with E-state index in [9.17, 15) is 9.59 Å². The molecule has 0 radical (unpaired) electrons. The molecule has 5 nitrogen and oxygen atoms in total. The molecular formula is C21H19N3O2. The van der Waals surface area contributed by atoms with Gasteiger partial charge in [-0.15, -0.1) is 0 Å². The predicted octanol–water partition coefficient (Wildman–Crippen LogP) is 2.53. The van der Waals surface area contributed by atoms with Gasteiger partial charge in [0.1, 0.15) is 6.04 Å². The largest absolute Gasteiger partial charge is 0.356 e. The number of hydrogen-bond donors (Lipinski definition) is 2. The second-order valence-electron chi connectivity index (χ2n) is 6.94. The van der Waals surface area contributed by atoms with Crippen LogP contribution in [0.3, 0.4) is 0 Å². The Hall–Kier alpha value is -3.08. The van der Waals surface area contributed by atoms with Crippen molar-refractivity contribution >= 4 is 22.7 Å². The van der Waals surface area contributed by atoms with Crippen molar-refractivity contribution in [3.8, 4) is 0 Å². The predicted molar refractivity (Wildman–Crippen MR) is 98.5 cm³/mol. The number of nitrogens with zero attached hydrogens (tertiary/aromatic N) is 1. The molecule has 0 saturated carbocycles. The molecule has 5 rings (SSSR count). The van der Waals surface area contributed by atoms with E-state index in [1.54, 1.807) is 4.90 Å². The molecule has 0 bridgehead atoms. The molecule has 2 amide bonds. The Labute approximate surface area is 151 Å². The average Bonchev–Trinajstić information content (AvgIpc) is 2.98. The van der Waals surface area contributed by atoms with Gasteiger partial charge in [0, 0.05) is 36.0 Å². The van der Waals surface area contributed by atoms with Crippen molar-refractivity contribution in [3.63, 3.8) is 0 Å². The highest BCUT2D eigenvalue weighted by Gasteiger charge is 2.44. The number of aromatic nitrogens is 1. The summed E-state index contributed by atoms with van der Waals surface area (Å²) in [6.07, 6.45) is 0.876. The highest BCUT2D eigenvalue weighted by Crippen LogP contribution is 2.41. The molecule has 1 saturated heterocycles. The lowest BCUT2D eigenvalue weighted by Gasteiger charge is -2.40. The van der Waals surface area contributed by atoms with E-state index in [0.717, 1.165) is 27.7 Å². The van der Waals surface area contributed by atoms with Crippen LogP contribution in [0.25, 0.3) is 10.9 Å². The second kappa shape index (κ2) is 5.73. The SMILES string of the molecule is O=C1NCCC(=O)N2C(c3ccccc3)c3[nH]c4ccccc4c3C[C@@H]12. The smallest absolute Gasteiger partial charge is 0.243 e. The number of carbonyl (C=O) groups excluding carboxylic acids is 2. The van der Waals surface area contributed by atoms with Crippen LogP contribution in [-0.2, 0) is 16.0 Å². The number of nitrogens with one attached hydrogen (secondary N) is 2. The van der Waals surface area contributed by atoms with Crippen molar-refractivity contribution in [2.24, 2.45) is 0 Å². The van der Waals surface area contributed by atoms with E-state index >= 15 is 0 Å². The Morgan fingerprint density at radius 2 is 1.73 bits per heavy atom. The van der Waals surface area contributed by atoms with Crippen molar-refractivity contribution in [1.82, 2.24) is 15.2 Å². The first kappa shape index (κ1) is 15.2.